The second-order valence-electron chi connectivity index (χ2n) is 3.51. The smallest absolute Gasteiger partial charge is 0.126 e. The molecule has 76 valence electrons. The zero-order valence-corrected chi connectivity index (χ0v) is 8.14. The Labute approximate surface area is 81.7 Å². The van der Waals surface area contributed by atoms with E-state index in [0.717, 1.165) is 18.2 Å². The summed E-state index contributed by atoms with van der Waals surface area (Å²) < 4.78 is 25.7. The molecule has 14 heavy (non-hydrogen) atoms. The molecular weight excluding hydrogens is 186 g/mol. The molecule has 3 heteroatoms. The molecule has 1 aromatic rings. The van der Waals surface area contributed by atoms with Crippen LogP contribution in [0.5, 0.6) is 0 Å². The lowest BCUT2D eigenvalue weighted by molar-refractivity contribution is 0.0973. The van der Waals surface area contributed by atoms with Gasteiger partial charge in [-0.3, -0.25) is 0 Å². The van der Waals surface area contributed by atoms with Gasteiger partial charge in [0.25, 0.3) is 0 Å². The summed E-state index contributed by atoms with van der Waals surface area (Å²) in [5.41, 5.74) is -0.798. The van der Waals surface area contributed by atoms with Gasteiger partial charge in [0.1, 0.15) is 17.2 Å². The first-order chi connectivity index (χ1) is 6.34. The molecule has 0 bridgehead atoms. The van der Waals surface area contributed by atoms with E-state index >= 15 is 0 Å². The zero-order chi connectivity index (χ0) is 10.9. The fourth-order valence-electron chi connectivity index (χ4n) is 1.08. The Hall–Kier alpha value is -1.22. The Morgan fingerprint density at radius 3 is 2.07 bits per heavy atom. The number of benzene rings is 1. The zero-order valence-electron chi connectivity index (χ0n) is 8.14. The highest BCUT2D eigenvalue weighted by molar-refractivity contribution is 5.30. The summed E-state index contributed by atoms with van der Waals surface area (Å²) in [4.78, 5) is 0. The van der Waals surface area contributed by atoms with Crippen LogP contribution in [0.4, 0.5) is 8.78 Å². The quantitative estimate of drug-likeness (QED) is 0.724. The fourth-order valence-corrected chi connectivity index (χ4v) is 1.08. The summed E-state index contributed by atoms with van der Waals surface area (Å²) >= 11 is 0. The summed E-state index contributed by atoms with van der Waals surface area (Å²) in [7, 11) is 0. The Bertz CT molecular complexity index is 349. The van der Waals surface area contributed by atoms with Crippen molar-refractivity contribution >= 4 is 0 Å². The Kier molecular flexibility index (Phi) is 2.71. The molecule has 0 radical (unpaired) electrons. The van der Waals surface area contributed by atoms with Crippen molar-refractivity contribution in [3.8, 4) is 0 Å². The molecule has 1 atom stereocenters. The summed E-state index contributed by atoms with van der Waals surface area (Å²) in [5.74, 6) is -1.41. The van der Waals surface area contributed by atoms with Crippen LogP contribution in [0.2, 0.25) is 0 Å². The molecule has 0 aliphatic carbocycles. The molecule has 1 unspecified atom stereocenters. The Morgan fingerprint density at radius 2 is 1.71 bits per heavy atom. The van der Waals surface area contributed by atoms with Crippen molar-refractivity contribution in [3.05, 3.63) is 47.5 Å². The maximum atomic E-state index is 12.8. The average Bonchev–Trinajstić information content (AvgIpc) is 2.01. The molecule has 1 rings (SSSR count). The highest BCUT2D eigenvalue weighted by Crippen LogP contribution is 2.28. The predicted molar refractivity (Wildman–Crippen MR) is 50.7 cm³/mol. The predicted octanol–water partition coefficient (Wildman–Crippen LogP) is 2.75. The van der Waals surface area contributed by atoms with Crippen molar-refractivity contribution in [3.63, 3.8) is 0 Å². The van der Waals surface area contributed by atoms with Crippen LogP contribution >= 0.6 is 0 Å². The first kappa shape index (κ1) is 10.9. The monoisotopic (exact) mass is 198 g/mol. The summed E-state index contributed by atoms with van der Waals surface area (Å²) in [6, 6.07) is 2.95. The van der Waals surface area contributed by atoms with Crippen LogP contribution in [-0.2, 0) is 5.60 Å². The highest BCUT2D eigenvalue weighted by Gasteiger charge is 2.24. The van der Waals surface area contributed by atoms with Crippen LogP contribution in [0.1, 0.15) is 19.4 Å². The van der Waals surface area contributed by atoms with E-state index in [1.807, 2.05) is 0 Å². The molecule has 1 nitrogen and oxygen atoms in total. The molecule has 0 saturated carbocycles. The summed E-state index contributed by atoms with van der Waals surface area (Å²) in [6.07, 6.45) is 0. The van der Waals surface area contributed by atoms with E-state index in [-0.39, 0.29) is 5.56 Å². The molecule has 0 heterocycles. The van der Waals surface area contributed by atoms with E-state index in [1.54, 1.807) is 6.92 Å². The van der Waals surface area contributed by atoms with Gasteiger partial charge in [-0.05, 0) is 37.1 Å². The van der Waals surface area contributed by atoms with Gasteiger partial charge in [-0.15, -0.1) is 0 Å². The SMILES string of the molecule is C=C(C)C(C)(O)c1cc(F)cc(F)c1. The van der Waals surface area contributed by atoms with Gasteiger partial charge < -0.3 is 5.11 Å². The third-order valence-electron chi connectivity index (χ3n) is 2.26. The van der Waals surface area contributed by atoms with Gasteiger partial charge >= 0.3 is 0 Å². The van der Waals surface area contributed by atoms with E-state index in [9.17, 15) is 13.9 Å². The van der Waals surface area contributed by atoms with Gasteiger partial charge in [0, 0.05) is 6.07 Å². The van der Waals surface area contributed by atoms with Crippen molar-refractivity contribution in [2.75, 3.05) is 0 Å². The topological polar surface area (TPSA) is 20.2 Å². The van der Waals surface area contributed by atoms with Crippen LogP contribution < -0.4 is 0 Å². The van der Waals surface area contributed by atoms with Crippen molar-refractivity contribution in [2.45, 2.75) is 19.4 Å². The lowest BCUT2D eigenvalue weighted by Crippen LogP contribution is -2.22. The van der Waals surface area contributed by atoms with Gasteiger partial charge in [-0.2, -0.15) is 0 Å². The molecular formula is C11H12F2O. The van der Waals surface area contributed by atoms with E-state index in [2.05, 4.69) is 6.58 Å². The van der Waals surface area contributed by atoms with Gasteiger partial charge in [0.15, 0.2) is 0 Å². The first-order valence-corrected chi connectivity index (χ1v) is 4.19. The average molecular weight is 198 g/mol. The van der Waals surface area contributed by atoms with Crippen molar-refractivity contribution in [2.24, 2.45) is 0 Å². The van der Waals surface area contributed by atoms with Crippen molar-refractivity contribution in [1.29, 1.82) is 0 Å². The van der Waals surface area contributed by atoms with Crippen LogP contribution in [0.15, 0.2) is 30.4 Å². The van der Waals surface area contributed by atoms with Crippen molar-refractivity contribution < 1.29 is 13.9 Å². The fraction of sp³-hybridized carbons (Fsp3) is 0.273. The summed E-state index contributed by atoms with van der Waals surface area (Å²) in [5, 5.41) is 9.88. The number of hydrogen-bond acceptors (Lipinski definition) is 1. The third kappa shape index (κ3) is 1.99. The number of halogens is 2. The number of rotatable bonds is 2. The van der Waals surface area contributed by atoms with Crippen LogP contribution in [-0.4, -0.2) is 5.11 Å². The van der Waals surface area contributed by atoms with Gasteiger partial charge in [-0.25, -0.2) is 8.78 Å². The molecule has 1 aromatic carbocycles. The molecule has 0 amide bonds. The van der Waals surface area contributed by atoms with Crippen molar-refractivity contribution in [1.82, 2.24) is 0 Å². The maximum Gasteiger partial charge on any atom is 0.126 e. The third-order valence-corrected chi connectivity index (χ3v) is 2.26. The molecule has 0 spiro atoms. The molecule has 0 aliphatic heterocycles. The molecule has 0 aromatic heterocycles. The Balaban J connectivity index is 3.25. The second-order valence-corrected chi connectivity index (χ2v) is 3.51. The molecule has 0 fully saturated rings. The highest BCUT2D eigenvalue weighted by atomic mass is 19.1. The van der Waals surface area contributed by atoms with E-state index in [4.69, 9.17) is 0 Å². The normalized spacial score (nSPS) is 14.9. The molecule has 0 saturated heterocycles. The van der Waals surface area contributed by atoms with Gasteiger partial charge in [0.05, 0.1) is 0 Å². The minimum Gasteiger partial charge on any atom is -0.381 e. The lowest BCUT2D eigenvalue weighted by Gasteiger charge is -2.24. The number of aliphatic hydroxyl groups is 1. The van der Waals surface area contributed by atoms with E-state index < -0.39 is 17.2 Å². The van der Waals surface area contributed by atoms with E-state index in [0.29, 0.717) is 5.57 Å². The second kappa shape index (κ2) is 3.50. The van der Waals surface area contributed by atoms with E-state index in [1.165, 1.54) is 6.92 Å². The number of hydrogen-bond donors (Lipinski definition) is 1. The maximum absolute atomic E-state index is 12.8. The minimum absolute atomic E-state index is 0.169. The summed E-state index contributed by atoms with van der Waals surface area (Å²) in [6.45, 7) is 6.62. The lowest BCUT2D eigenvalue weighted by atomic mass is 9.90. The first-order valence-electron chi connectivity index (χ1n) is 4.19. The molecule has 1 N–H and O–H groups in total. The van der Waals surface area contributed by atoms with Crippen LogP contribution in [0.3, 0.4) is 0 Å². The van der Waals surface area contributed by atoms with Gasteiger partial charge in [0.2, 0.25) is 0 Å². The Morgan fingerprint density at radius 1 is 1.29 bits per heavy atom. The molecule has 0 aliphatic rings. The minimum atomic E-state index is -1.40. The van der Waals surface area contributed by atoms with Gasteiger partial charge in [-0.1, -0.05) is 6.58 Å². The largest absolute Gasteiger partial charge is 0.381 e. The standard InChI is InChI=1S/C11H12F2O/c1-7(2)11(3,14)8-4-9(12)6-10(13)5-8/h4-6,14H,1H2,2-3H3. The van der Waals surface area contributed by atoms with Crippen LogP contribution in [0, 0.1) is 11.6 Å². The van der Waals surface area contributed by atoms with Crippen LogP contribution in [0.25, 0.3) is 0 Å².